The second-order valence-electron chi connectivity index (χ2n) is 3.84. The van der Waals surface area contributed by atoms with E-state index >= 15 is 0 Å². The molecule has 10 heteroatoms. The molecule has 0 fully saturated rings. The molecule has 1 N–H and O–H groups in total. The Morgan fingerprint density at radius 2 is 1.95 bits per heavy atom. The number of alkyl halides is 5. The van der Waals surface area contributed by atoms with E-state index in [4.69, 9.17) is 5.11 Å². The van der Waals surface area contributed by atoms with Crippen molar-refractivity contribution in [3.05, 3.63) is 41.3 Å². The number of aromatic nitrogens is 3. The molecule has 2 aromatic rings. The molecule has 0 radical (unpaired) electrons. The number of halogens is 5. The Morgan fingerprint density at radius 3 is 2.48 bits per heavy atom. The van der Waals surface area contributed by atoms with Gasteiger partial charge >= 0.3 is 12.1 Å². The van der Waals surface area contributed by atoms with Gasteiger partial charge in [-0.25, -0.2) is 23.2 Å². The van der Waals surface area contributed by atoms with Gasteiger partial charge in [-0.15, -0.1) is 0 Å². The maximum absolute atomic E-state index is 12.9. The first kappa shape index (κ1) is 14.9. The lowest BCUT2D eigenvalue weighted by Gasteiger charge is -2.11. The average Bonchev–Trinajstić information content (AvgIpc) is 2.83. The quantitative estimate of drug-likeness (QED) is 0.885. The molecule has 0 aliphatic carbocycles. The minimum absolute atomic E-state index is 0.176. The van der Waals surface area contributed by atoms with Crippen LogP contribution < -0.4 is 0 Å². The van der Waals surface area contributed by atoms with Gasteiger partial charge in [0.15, 0.2) is 11.5 Å². The number of carboxylic acids is 1. The van der Waals surface area contributed by atoms with Crippen molar-refractivity contribution in [2.75, 3.05) is 0 Å². The summed E-state index contributed by atoms with van der Waals surface area (Å²) in [5.74, 6) is -2.38. The summed E-state index contributed by atoms with van der Waals surface area (Å²) in [5.41, 5.74) is -3.42. The number of nitrogens with zero attached hydrogens (tertiary/aromatic N) is 3. The second-order valence-corrected chi connectivity index (χ2v) is 3.84. The molecule has 0 atom stereocenters. The van der Waals surface area contributed by atoms with Crippen LogP contribution in [0.2, 0.25) is 0 Å². The summed E-state index contributed by atoms with van der Waals surface area (Å²) in [6, 6.07) is 3.02. The fraction of sp³-hybridized carbons (Fsp3) is 0.182. The highest BCUT2D eigenvalue weighted by Gasteiger charge is 2.41. The average molecular weight is 307 g/mol. The first-order valence-electron chi connectivity index (χ1n) is 5.36. The van der Waals surface area contributed by atoms with Crippen molar-refractivity contribution < 1.29 is 31.9 Å². The largest absolute Gasteiger partial charge is 0.478 e. The minimum Gasteiger partial charge on any atom is -0.478 e. The molecule has 0 unspecified atom stereocenters. The molecule has 0 aromatic carbocycles. The lowest BCUT2D eigenvalue weighted by atomic mass is 10.2. The van der Waals surface area contributed by atoms with E-state index in [1.807, 2.05) is 0 Å². The first-order valence-corrected chi connectivity index (χ1v) is 5.36. The highest BCUT2D eigenvalue weighted by atomic mass is 19.4. The van der Waals surface area contributed by atoms with E-state index in [0.717, 1.165) is 18.2 Å². The smallest absolute Gasteiger partial charge is 0.434 e. The van der Waals surface area contributed by atoms with Crippen molar-refractivity contribution >= 4 is 5.97 Å². The summed E-state index contributed by atoms with van der Waals surface area (Å²) < 4.78 is 64.1. The van der Waals surface area contributed by atoms with Gasteiger partial charge in [-0.3, -0.25) is 0 Å². The van der Waals surface area contributed by atoms with Crippen molar-refractivity contribution in [1.29, 1.82) is 0 Å². The summed E-state index contributed by atoms with van der Waals surface area (Å²) in [6.07, 6.45) is -7.52. The Morgan fingerprint density at radius 1 is 1.29 bits per heavy atom. The lowest BCUT2D eigenvalue weighted by Crippen LogP contribution is -2.18. The minimum atomic E-state index is -5.03. The van der Waals surface area contributed by atoms with Gasteiger partial charge in [-0.05, 0) is 12.1 Å². The molecule has 112 valence electrons. The molecule has 0 amide bonds. The Balaban J connectivity index is 2.65. The summed E-state index contributed by atoms with van der Waals surface area (Å²) in [4.78, 5) is 14.1. The van der Waals surface area contributed by atoms with Crippen LogP contribution in [0.15, 0.2) is 24.4 Å². The van der Waals surface area contributed by atoms with Crippen LogP contribution in [-0.2, 0) is 6.18 Å². The van der Waals surface area contributed by atoms with Crippen LogP contribution in [0, 0.1) is 0 Å². The van der Waals surface area contributed by atoms with E-state index in [-0.39, 0.29) is 4.68 Å². The highest BCUT2D eigenvalue weighted by Crippen LogP contribution is 2.33. The Bertz CT molecular complexity index is 681. The topological polar surface area (TPSA) is 68.0 Å². The van der Waals surface area contributed by atoms with E-state index in [0.29, 0.717) is 6.20 Å². The normalized spacial score (nSPS) is 11.9. The van der Waals surface area contributed by atoms with Crippen LogP contribution in [0.5, 0.6) is 0 Å². The molecule has 0 spiro atoms. The molecular formula is C11H6F5N3O2. The number of carbonyl (C=O) groups is 1. The second kappa shape index (κ2) is 5.11. The molecule has 21 heavy (non-hydrogen) atoms. The number of aromatic carboxylic acids is 1. The van der Waals surface area contributed by atoms with E-state index in [1.165, 1.54) is 0 Å². The Kier molecular flexibility index (Phi) is 3.62. The number of hydrogen-bond acceptors (Lipinski definition) is 3. The van der Waals surface area contributed by atoms with Crippen LogP contribution in [0.3, 0.4) is 0 Å². The third-order valence-corrected chi connectivity index (χ3v) is 2.46. The Hall–Kier alpha value is -2.52. The van der Waals surface area contributed by atoms with Gasteiger partial charge in [0.1, 0.15) is 11.3 Å². The molecule has 2 aromatic heterocycles. The zero-order valence-electron chi connectivity index (χ0n) is 9.97. The highest BCUT2D eigenvalue weighted by molar-refractivity contribution is 5.89. The lowest BCUT2D eigenvalue weighted by molar-refractivity contribution is -0.143. The van der Waals surface area contributed by atoms with Crippen LogP contribution in [0.25, 0.3) is 5.82 Å². The van der Waals surface area contributed by atoms with Crippen LogP contribution >= 0.6 is 0 Å². The number of hydrogen-bond donors (Lipinski definition) is 1. The molecular weight excluding hydrogens is 301 g/mol. The first-order chi connectivity index (χ1) is 9.71. The van der Waals surface area contributed by atoms with Gasteiger partial charge < -0.3 is 5.11 Å². The fourth-order valence-corrected chi connectivity index (χ4v) is 1.63. The van der Waals surface area contributed by atoms with Crippen molar-refractivity contribution in [3.63, 3.8) is 0 Å². The predicted molar refractivity (Wildman–Crippen MR) is 58.3 cm³/mol. The molecule has 2 heterocycles. The molecule has 0 saturated carbocycles. The van der Waals surface area contributed by atoms with Gasteiger partial charge in [0.25, 0.3) is 6.43 Å². The van der Waals surface area contributed by atoms with E-state index < -0.39 is 41.3 Å². The SMILES string of the molecule is O=C(O)c1cnn(-c2cccc(C(F)F)n2)c1C(F)(F)F. The zero-order valence-corrected chi connectivity index (χ0v) is 9.97. The van der Waals surface area contributed by atoms with Gasteiger partial charge in [0.05, 0.1) is 6.20 Å². The molecule has 0 aliphatic rings. The third kappa shape index (κ3) is 2.83. The summed E-state index contributed by atoms with van der Waals surface area (Å²) >= 11 is 0. The maximum Gasteiger partial charge on any atom is 0.434 e. The van der Waals surface area contributed by atoms with Crippen LogP contribution in [-0.4, -0.2) is 25.8 Å². The third-order valence-electron chi connectivity index (χ3n) is 2.46. The predicted octanol–water partition coefficient (Wildman–Crippen LogP) is 2.92. The van der Waals surface area contributed by atoms with E-state index in [1.54, 1.807) is 0 Å². The van der Waals surface area contributed by atoms with Crippen molar-refractivity contribution in [1.82, 2.24) is 14.8 Å². The number of pyridine rings is 1. The van der Waals surface area contributed by atoms with Gasteiger partial charge in [0.2, 0.25) is 0 Å². The van der Waals surface area contributed by atoms with Crippen LogP contribution in [0.4, 0.5) is 22.0 Å². The van der Waals surface area contributed by atoms with Gasteiger partial charge in [-0.1, -0.05) is 6.07 Å². The molecule has 2 rings (SSSR count). The zero-order chi connectivity index (χ0) is 15.8. The van der Waals surface area contributed by atoms with Crippen molar-refractivity contribution in [2.45, 2.75) is 12.6 Å². The van der Waals surface area contributed by atoms with Gasteiger partial charge in [0, 0.05) is 0 Å². The van der Waals surface area contributed by atoms with Crippen molar-refractivity contribution in [3.8, 4) is 5.82 Å². The number of rotatable bonds is 3. The Labute approximate surface area is 113 Å². The molecule has 0 saturated heterocycles. The van der Waals surface area contributed by atoms with Crippen molar-refractivity contribution in [2.24, 2.45) is 0 Å². The fourth-order valence-electron chi connectivity index (χ4n) is 1.63. The number of carboxylic acid groups (broad SMARTS) is 1. The molecule has 5 nitrogen and oxygen atoms in total. The van der Waals surface area contributed by atoms with E-state index in [2.05, 4.69) is 10.1 Å². The molecule has 0 aliphatic heterocycles. The molecule has 0 bridgehead atoms. The van der Waals surface area contributed by atoms with Gasteiger partial charge in [-0.2, -0.15) is 18.3 Å². The summed E-state index contributed by atoms with van der Waals surface area (Å²) in [5, 5.41) is 12.0. The monoisotopic (exact) mass is 307 g/mol. The standard InChI is InChI=1S/C11H6F5N3O2/c12-9(13)6-2-1-3-7(18-6)19-8(11(14,15)16)5(4-17-19)10(20)21/h1-4,9H,(H,20,21). The summed E-state index contributed by atoms with van der Waals surface area (Å²) in [7, 11) is 0. The summed E-state index contributed by atoms with van der Waals surface area (Å²) in [6.45, 7) is 0. The van der Waals surface area contributed by atoms with E-state index in [9.17, 15) is 26.7 Å². The maximum atomic E-state index is 12.9. The van der Waals surface area contributed by atoms with Crippen LogP contribution in [0.1, 0.15) is 28.2 Å².